The monoisotopic (exact) mass is 260 g/mol. The van der Waals surface area contributed by atoms with Gasteiger partial charge in [-0.05, 0) is 23.6 Å². The summed E-state index contributed by atoms with van der Waals surface area (Å²) in [6.07, 6.45) is 1.89. The lowest BCUT2D eigenvalue weighted by Crippen LogP contribution is -2.02. The Bertz CT molecular complexity index is 542. The molecule has 0 aliphatic rings. The van der Waals surface area contributed by atoms with Gasteiger partial charge in [0.1, 0.15) is 11.8 Å². The van der Waals surface area contributed by atoms with E-state index in [0.717, 1.165) is 0 Å². The summed E-state index contributed by atoms with van der Waals surface area (Å²) < 4.78 is 5.03. The summed E-state index contributed by atoms with van der Waals surface area (Å²) in [6.45, 7) is 3.85. The number of nitro groups is 1. The van der Waals surface area contributed by atoms with Crippen molar-refractivity contribution in [1.29, 1.82) is 5.26 Å². The van der Waals surface area contributed by atoms with Crippen molar-refractivity contribution in [1.82, 2.24) is 0 Å². The van der Waals surface area contributed by atoms with Crippen LogP contribution in [0.4, 0.5) is 0 Å². The third-order valence-corrected chi connectivity index (χ3v) is 2.53. The van der Waals surface area contributed by atoms with Crippen LogP contribution in [0.15, 0.2) is 23.9 Å². The molecule has 1 rings (SSSR count). The maximum absolute atomic E-state index is 11.0. The number of rotatable bonds is 5. The molecule has 0 atom stereocenters. The fourth-order valence-corrected chi connectivity index (χ4v) is 1.70. The fraction of sp³-hybridized carbons (Fsp3) is 0.357. The van der Waals surface area contributed by atoms with Gasteiger partial charge in [-0.1, -0.05) is 19.9 Å². The Balaban J connectivity index is 3.15. The van der Waals surface area contributed by atoms with Gasteiger partial charge in [-0.25, -0.2) is 0 Å². The average molecular weight is 260 g/mol. The molecule has 1 aromatic carbocycles. The maximum atomic E-state index is 11.0. The van der Waals surface area contributed by atoms with Gasteiger partial charge in [0.2, 0.25) is 5.70 Å². The molecule has 0 fully saturated rings. The molecule has 5 nitrogen and oxygen atoms in total. The molecular weight excluding hydrogens is 244 g/mol. The van der Waals surface area contributed by atoms with Crippen LogP contribution in [-0.2, 0) is 0 Å². The minimum atomic E-state index is -0.379. The molecule has 19 heavy (non-hydrogen) atoms. The highest BCUT2D eigenvalue weighted by molar-refractivity contribution is 5.57. The van der Waals surface area contributed by atoms with Gasteiger partial charge in [-0.15, -0.1) is 0 Å². The Morgan fingerprint density at radius 3 is 2.74 bits per heavy atom. The van der Waals surface area contributed by atoms with Crippen LogP contribution < -0.4 is 4.74 Å². The Morgan fingerprint density at radius 2 is 2.26 bits per heavy atom. The Hall–Kier alpha value is -2.35. The number of hydrogen-bond acceptors (Lipinski definition) is 4. The van der Waals surface area contributed by atoms with E-state index >= 15 is 0 Å². The molecule has 0 spiro atoms. The normalized spacial score (nSPS) is 11.2. The van der Waals surface area contributed by atoms with Crippen LogP contribution in [0.1, 0.15) is 31.4 Å². The molecule has 0 bridgehead atoms. The predicted molar refractivity (Wildman–Crippen MR) is 72.1 cm³/mol. The molecule has 0 aliphatic carbocycles. The van der Waals surface area contributed by atoms with Gasteiger partial charge in [0.25, 0.3) is 0 Å². The van der Waals surface area contributed by atoms with E-state index < -0.39 is 0 Å². The van der Waals surface area contributed by atoms with Crippen molar-refractivity contribution in [3.05, 3.63) is 45.1 Å². The molecular formula is C14H16N2O3. The Kier molecular flexibility index (Phi) is 5.07. The standard InChI is InChI=1S/C14H16N2O3/c1-10(2)6-13(16(17)18)8-11-4-5-14(19-3)12(7-11)9-15/h4-5,7-8,10H,6H2,1-3H3/b13-8-. The third kappa shape index (κ3) is 4.11. The number of hydrogen-bond donors (Lipinski definition) is 0. The maximum Gasteiger partial charge on any atom is 0.247 e. The summed E-state index contributed by atoms with van der Waals surface area (Å²) in [5.41, 5.74) is 1.14. The predicted octanol–water partition coefficient (Wildman–Crippen LogP) is 3.23. The van der Waals surface area contributed by atoms with Crippen molar-refractivity contribution in [3.8, 4) is 11.8 Å². The molecule has 100 valence electrons. The quantitative estimate of drug-likeness (QED) is 0.601. The van der Waals surface area contributed by atoms with Crippen molar-refractivity contribution < 1.29 is 9.66 Å². The minimum absolute atomic E-state index is 0.143. The topological polar surface area (TPSA) is 76.2 Å². The highest BCUT2D eigenvalue weighted by atomic mass is 16.6. The summed E-state index contributed by atoms with van der Waals surface area (Å²) in [6, 6.07) is 6.93. The lowest BCUT2D eigenvalue weighted by Gasteiger charge is -2.05. The summed E-state index contributed by atoms with van der Waals surface area (Å²) >= 11 is 0. The van der Waals surface area contributed by atoms with Crippen LogP contribution in [0.3, 0.4) is 0 Å². The van der Waals surface area contributed by atoms with Crippen molar-refractivity contribution in [3.63, 3.8) is 0 Å². The van der Waals surface area contributed by atoms with E-state index in [0.29, 0.717) is 23.3 Å². The smallest absolute Gasteiger partial charge is 0.247 e. The van der Waals surface area contributed by atoms with Crippen LogP contribution >= 0.6 is 0 Å². The molecule has 0 radical (unpaired) electrons. The summed E-state index contributed by atoms with van der Waals surface area (Å²) in [4.78, 5) is 10.6. The van der Waals surface area contributed by atoms with E-state index in [1.807, 2.05) is 19.9 Å². The van der Waals surface area contributed by atoms with Gasteiger partial charge in [-0.3, -0.25) is 10.1 Å². The van der Waals surface area contributed by atoms with E-state index in [4.69, 9.17) is 10.00 Å². The van der Waals surface area contributed by atoms with Crippen LogP contribution in [0.25, 0.3) is 6.08 Å². The van der Waals surface area contributed by atoms with E-state index in [1.165, 1.54) is 13.2 Å². The number of methoxy groups -OCH3 is 1. The molecule has 0 unspecified atom stereocenters. The zero-order valence-corrected chi connectivity index (χ0v) is 11.2. The first-order valence-electron chi connectivity index (χ1n) is 5.91. The highest BCUT2D eigenvalue weighted by Gasteiger charge is 2.13. The second kappa shape index (κ2) is 6.55. The molecule has 0 saturated heterocycles. The van der Waals surface area contributed by atoms with Gasteiger partial charge in [-0.2, -0.15) is 5.26 Å². The molecule has 0 heterocycles. The van der Waals surface area contributed by atoms with E-state index in [2.05, 4.69) is 0 Å². The molecule has 0 saturated carbocycles. The van der Waals surface area contributed by atoms with Gasteiger partial charge in [0.05, 0.1) is 17.6 Å². The molecule has 0 amide bonds. The third-order valence-electron chi connectivity index (χ3n) is 2.53. The highest BCUT2D eigenvalue weighted by Crippen LogP contribution is 2.22. The molecule has 0 N–H and O–H groups in total. The fourth-order valence-electron chi connectivity index (χ4n) is 1.70. The van der Waals surface area contributed by atoms with Crippen molar-refractivity contribution >= 4 is 6.08 Å². The molecule has 0 aliphatic heterocycles. The second-order valence-electron chi connectivity index (χ2n) is 4.56. The van der Waals surface area contributed by atoms with Crippen LogP contribution in [0, 0.1) is 27.4 Å². The van der Waals surface area contributed by atoms with Crippen LogP contribution in [0.2, 0.25) is 0 Å². The first kappa shape index (κ1) is 14.7. The lowest BCUT2D eigenvalue weighted by atomic mass is 10.0. The number of benzene rings is 1. The second-order valence-corrected chi connectivity index (χ2v) is 4.56. The van der Waals surface area contributed by atoms with Gasteiger partial charge < -0.3 is 4.74 Å². The average Bonchev–Trinajstić information content (AvgIpc) is 2.37. The van der Waals surface area contributed by atoms with Gasteiger partial charge in [0, 0.05) is 12.5 Å². The Morgan fingerprint density at radius 1 is 1.58 bits per heavy atom. The molecule has 0 aromatic heterocycles. The summed E-state index contributed by atoms with van der Waals surface area (Å²) in [7, 11) is 1.48. The zero-order valence-electron chi connectivity index (χ0n) is 11.2. The number of nitriles is 1. The summed E-state index contributed by atoms with van der Waals surface area (Å²) in [5.74, 6) is 0.663. The number of allylic oxidation sites excluding steroid dienone is 1. The lowest BCUT2D eigenvalue weighted by molar-refractivity contribution is -0.427. The zero-order chi connectivity index (χ0) is 14.4. The minimum Gasteiger partial charge on any atom is -0.495 e. The summed E-state index contributed by atoms with van der Waals surface area (Å²) in [5, 5.41) is 19.9. The van der Waals surface area contributed by atoms with Gasteiger partial charge in [0.15, 0.2) is 0 Å². The van der Waals surface area contributed by atoms with E-state index in [-0.39, 0.29) is 16.5 Å². The first-order chi connectivity index (χ1) is 8.97. The molecule has 1 aromatic rings. The molecule has 5 heteroatoms. The first-order valence-corrected chi connectivity index (χ1v) is 5.91. The van der Waals surface area contributed by atoms with Crippen molar-refractivity contribution in [2.75, 3.05) is 7.11 Å². The van der Waals surface area contributed by atoms with Gasteiger partial charge >= 0.3 is 0 Å². The van der Waals surface area contributed by atoms with Crippen LogP contribution in [-0.4, -0.2) is 12.0 Å². The van der Waals surface area contributed by atoms with Crippen LogP contribution in [0.5, 0.6) is 5.75 Å². The number of ether oxygens (including phenoxy) is 1. The largest absolute Gasteiger partial charge is 0.495 e. The van der Waals surface area contributed by atoms with Crippen molar-refractivity contribution in [2.45, 2.75) is 20.3 Å². The van der Waals surface area contributed by atoms with Crippen molar-refractivity contribution in [2.24, 2.45) is 5.92 Å². The van der Waals surface area contributed by atoms with E-state index in [1.54, 1.807) is 18.2 Å². The SMILES string of the molecule is COc1ccc(/C=C(/CC(C)C)[N+](=O)[O-])cc1C#N. The Labute approximate surface area is 112 Å². The van der Waals surface area contributed by atoms with E-state index in [9.17, 15) is 10.1 Å². The number of nitrogens with zero attached hydrogens (tertiary/aromatic N) is 2.